The van der Waals surface area contributed by atoms with Gasteiger partial charge in [-0.15, -0.1) is 0 Å². The van der Waals surface area contributed by atoms with Crippen molar-refractivity contribution >= 4 is 5.97 Å². The number of hydrogen-bond acceptors (Lipinski definition) is 4. The van der Waals surface area contributed by atoms with Crippen molar-refractivity contribution in [3.05, 3.63) is 29.3 Å². The predicted octanol–water partition coefficient (Wildman–Crippen LogP) is 2.19. The molecule has 0 saturated heterocycles. The van der Waals surface area contributed by atoms with Gasteiger partial charge in [-0.05, 0) is 30.5 Å². The lowest BCUT2D eigenvalue weighted by molar-refractivity contribution is -0.141. The van der Waals surface area contributed by atoms with Crippen LogP contribution in [-0.4, -0.2) is 25.7 Å². The van der Waals surface area contributed by atoms with Crippen molar-refractivity contribution in [3.63, 3.8) is 0 Å². The number of hydrogen-bond donors (Lipinski definition) is 1. The maximum atomic E-state index is 13.7. The van der Waals surface area contributed by atoms with Crippen molar-refractivity contribution in [2.45, 2.75) is 32.2 Å². The number of nitrogens with two attached hydrogens (primary N) is 1. The quantitative estimate of drug-likeness (QED) is 0.781. The van der Waals surface area contributed by atoms with Crippen LogP contribution in [0.3, 0.4) is 0 Å². The van der Waals surface area contributed by atoms with Gasteiger partial charge in [0.25, 0.3) is 0 Å². The van der Waals surface area contributed by atoms with Crippen molar-refractivity contribution < 1.29 is 23.0 Å². The van der Waals surface area contributed by atoms with E-state index in [1.807, 2.05) is 6.92 Å². The fourth-order valence-electron chi connectivity index (χ4n) is 1.65. The van der Waals surface area contributed by atoms with Gasteiger partial charge in [-0.25, -0.2) is 8.78 Å². The maximum Gasteiger partial charge on any atom is 0.308 e. The summed E-state index contributed by atoms with van der Waals surface area (Å²) >= 11 is 0. The SMILES string of the molecule is CCC(N)Cc1cc(F)c(OCCC(=O)OC)c(F)c1. The largest absolute Gasteiger partial charge is 0.487 e. The topological polar surface area (TPSA) is 61.5 Å². The van der Waals surface area contributed by atoms with Crippen LogP contribution in [0.5, 0.6) is 5.75 Å². The summed E-state index contributed by atoms with van der Waals surface area (Å²) in [5.74, 6) is -2.58. The van der Waals surface area contributed by atoms with Gasteiger partial charge in [-0.2, -0.15) is 0 Å². The van der Waals surface area contributed by atoms with Gasteiger partial charge in [0.1, 0.15) is 0 Å². The Morgan fingerprint density at radius 1 is 1.35 bits per heavy atom. The number of rotatable bonds is 7. The van der Waals surface area contributed by atoms with Crippen molar-refractivity contribution in [1.82, 2.24) is 0 Å². The zero-order valence-electron chi connectivity index (χ0n) is 11.6. The van der Waals surface area contributed by atoms with Crippen LogP contribution in [0.2, 0.25) is 0 Å². The molecule has 2 N–H and O–H groups in total. The molecule has 20 heavy (non-hydrogen) atoms. The van der Waals surface area contributed by atoms with Crippen LogP contribution in [0, 0.1) is 11.6 Å². The molecule has 0 heterocycles. The van der Waals surface area contributed by atoms with Crippen LogP contribution in [0.15, 0.2) is 12.1 Å². The molecule has 0 aliphatic heterocycles. The predicted molar refractivity (Wildman–Crippen MR) is 70.5 cm³/mol. The highest BCUT2D eigenvalue weighted by Crippen LogP contribution is 2.24. The van der Waals surface area contributed by atoms with Crippen molar-refractivity contribution in [2.24, 2.45) is 5.73 Å². The highest BCUT2D eigenvalue weighted by Gasteiger charge is 2.14. The molecule has 0 aliphatic carbocycles. The van der Waals surface area contributed by atoms with Crippen LogP contribution in [-0.2, 0) is 16.0 Å². The molecular weight excluding hydrogens is 268 g/mol. The Kier molecular flexibility index (Phi) is 6.38. The summed E-state index contributed by atoms with van der Waals surface area (Å²) < 4.78 is 36.8. The summed E-state index contributed by atoms with van der Waals surface area (Å²) in [5, 5.41) is 0. The van der Waals surface area contributed by atoms with Gasteiger partial charge >= 0.3 is 5.97 Å². The molecule has 1 atom stereocenters. The minimum Gasteiger partial charge on any atom is -0.487 e. The molecule has 0 aliphatic rings. The third-order valence-corrected chi connectivity index (χ3v) is 2.86. The Hall–Kier alpha value is -1.69. The first-order valence-corrected chi connectivity index (χ1v) is 6.41. The van der Waals surface area contributed by atoms with E-state index < -0.39 is 23.4 Å². The van der Waals surface area contributed by atoms with Gasteiger partial charge in [0, 0.05) is 6.04 Å². The smallest absolute Gasteiger partial charge is 0.308 e. The highest BCUT2D eigenvalue weighted by molar-refractivity contribution is 5.69. The lowest BCUT2D eigenvalue weighted by atomic mass is 10.0. The molecule has 0 amide bonds. The standard InChI is InChI=1S/C14H19F2NO3/c1-3-10(17)6-9-7-11(15)14(12(16)8-9)20-5-4-13(18)19-2/h7-8,10H,3-6,17H2,1-2H3. The lowest BCUT2D eigenvalue weighted by Gasteiger charge is -2.12. The van der Waals surface area contributed by atoms with E-state index in [4.69, 9.17) is 10.5 Å². The molecule has 0 saturated carbocycles. The summed E-state index contributed by atoms with van der Waals surface area (Å²) in [5.41, 5.74) is 6.23. The van der Waals surface area contributed by atoms with E-state index in [1.165, 1.54) is 19.2 Å². The minimum atomic E-state index is -0.798. The summed E-state index contributed by atoms with van der Waals surface area (Å²) in [6.45, 7) is 1.76. The first-order chi connectivity index (χ1) is 9.47. The first kappa shape index (κ1) is 16.4. The molecule has 6 heteroatoms. The van der Waals surface area contributed by atoms with E-state index in [9.17, 15) is 13.6 Å². The number of methoxy groups -OCH3 is 1. The van der Waals surface area contributed by atoms with E-state index in [-0.39, 0.29) is 19.1 Å². The van der Waals surface area contributed by atoms with Crippen LogP contribution < -0.4 is 10.5 Å². The van der Waals surface area contributed by atoms with E-state index in [1.54, 1.807) is 0 Å². The van der Waals surface area contributed by atoms with Gasteiger partial charge in [-0.1, -0.05) is 6.92 Å². The Morgan fingerprint density at radius 2 is 1.95 bits per heavy atom. The number of carbonyl (C=O) groups is 1. The molecule has 1 unspecified atom stereocenters. The van der Waals surface area contributed by atoms with E-state index in [0.717, 1.165) is 6.42 Å². The van der Waals surface area contributed by atoms with Crippen molar-refractivity contribution in [3.8, 4) is 5.75 Å². The Morgan fingerprint density at radius 3 is 2.45 bits per heavy atom. The molecule has 1 aromatic carbocycles. The number of esters is 1. The average Bonchev–Trinajstić information content (AvgIpc) is 2.41. The van der Waals surface area contributed by atoms with Gasteiger partial charge in [-0.3, -0.25) is 4.79 Å². The molecule has 0 spiro atoms. The second-order valence-electron chi connectivity index (χ2n) is 4.44. The highest BCUT2D eigenvalue weighted by atomic mass is 19.1. The van der Waals surface area contributed by atoms with E-state index in [0.29, 0.717) is 12.0 Å². The van der Waals surface area contributed by atoms with Gasteiger partial charge in [0.05, 0.1) is 20.1 Å². The van der Waals surface area contributed by atoms with Gasteiger partial charge < -0.3 is 15.2 Å². The van der Waals surface area contributed by atoms with Crippen LogP contribution in [0.1, 0.15) is 25.3 Å². The molecule has 0 aromatic heterocycles. The Bertz CT molecular complexity index is 443. The average molecular weight is 287 g/mol. The van der Waals surface area contributed by atoms with Gasteiger partial charge in [0.15, 0.2) is 17.4 Å². The summed E-state index contributed by atoms with van der Waals surface area (Å²) in [4.78, 5) is 10.9. The maximum absolute atomic E-state index is 13.7. The van der Waals surface area contributed by atoms with E-state index in [2.05, 4.69) is 4.74 Å². The van der Waals surface area contributed by atoms with E-state index >= 15 is 0 Å². The summed E-state index contributed by atoms with van der Waals surface area (Å²) in [6, 6.07) is 2.26. The monoisotopic (exact) mass is 287 g/mol. The third kappa shape index (κ3) is 4.77. The fraction of sp³-hybridized carbons (Fsp3) is 0.500. The molecule has 1 aromatic rings. The molecule has 112 valence electrons. The molecular formula is C14H19F2NO3. The first-order valence-electron chi connectivity index (χ1n) is 6.41. The number of halogens is 2. The zero-order chi connectivity index (χ0) is 15.1. The van der Waals surface area contributed by atoms with Crippen molar-refractivity contribution in [1.29, 1.82) is 0 Å². The lowest BCUT2D eigenvalue weighted by Crippen LogP contribution is -2.21. The second kappa shape index (κ2) is 7.79. The third-order valence-electron chi connectivity index (χ3n) is 2.86. The Balaban J connectivity index is 2.71. The molecule has 0 fully saturated rings. The molecule has 4 nitrogen and oxygen atoms in total. The summed E-state index contributed by atoms with van der Waals surface area (Å²) in [7, 11) is 1.23. The molecule has 0 bridgehead atoms. The number of ether oxygens (including phenoxy) is 2. The van der Waals surface area contributed by atoms with Crippen molar-refractivity contribution in [2.75, 3.05) is 13.7 Å². The van der Waals surface area contributed by atoms with Crippen LogP contribution >= 0.6 is 0 Å². The number of carbonyl (C=O) groups excluding carboxylic acids is 1. The zero-order valence-corrected chi connectivity index (χ0v) is 11.6. The molecule has 1 rings (SSSR count). The normalized spacial score (nSPS) is 12.1. The van der Waals surface area contributed by atoms with Crippen LogP contribution in [0.4, 0.5) is 8.78 Å². The number of benzene rings is 1. The summed E-state index contributed by atoms with van der Waals surface area (Å²) in [6.07, 6.45) is 1.05. The van der Waals surface area contributed by atoms with Crippen LogP contribution in [0.25, 0.3) is 0 Å². The Labute approximate surface area is 116 Å². The second-order valence-corrected chi connectivity index (χ2v) is 4.44. The minimum absolute atomic E-state index is 0.0716. The molecule has 0 radical (unpaired) electrons. The fourth-order valence-corrected chi connectivity index (χ4v) is 1.65. The van der Waals surface area contributed by atoms with Gasteiger partial charge in [0.2, 0.25) is 0 Å².